The van der Waals surface area contributed by atoms with Gasteiger partial charge in [-0.1, -0.05) is 6.92 Å². The molecule has 1 aliphatic rings. The van der Waals surface area contributed by atoms with Gasteiger partial charge in [0.05, 0.1) is 24.7 Å². The van der Waals surface area contributed by atoms with E-state index in [-0.39, 0.29) is 12.5 Å². The van der Waals surface area contributed by atoms with E-state index in [1.807, 2.05) is 6.92 Å². The van der Waals surface area contributed by atoms with E-state index >= 15 is 0 Å². The molecular weight excluding hydrogens is 298 g/mol. The van der Waals surface area contributed by atoms with Crippen LogP contribution in [-0.4, -0.2) is 48.7 Å². The van der Waals surface area contributed by atoms with Crippen molar-refractivity contribution < 1.29 is 24.2 Å². The number of benzene rings is 1. The number of carbonyl (C=O) groups is 2. The molecule has 0 aromatic heterocycles. The molecular formula is C17H23NO5. The van der Waals surface area contributed by atoms with Gasteiger partial charge >= 0.3 is 5.97 Å². The van der Waals surface area contributed by atoms with Crippen molar-refractivity contribution in [1.82, 2.24) is 4.90 Å². The molecule has 0 saturated carbocycles. The van der Waals surface area contributed by atoms with Crippen LogP contribution in [0.2, 0.25) is 0 Å². The number of methoxy groups -OCH3 is 1. The lowest BCUT2D eigenvalue weighted by Crippen LogP contribution is -2.35. The second kappa shape index (κ2) is 6.89. The average Bonchev–Trinajstić information content (AvgIpc) is 2.96. The molecule has 0 radical (unpaired) electrons. The molecule has 6 nitrogen and oxygen atoms in total. The summed E-state index contributed by atoms with van der Waals surface area (Å²) in [6.07, 6.45) is 1.28. The number of rotatable bonds is 6. The Bertz CT molecular complexity index is 601. The van der Waals surface area contributed by atoms with Crippen molar-refractivity contribution in [1.29, 1.82) is 0 Å². The van der Waals surface area contributed by atoms with Crippen LogP contribution in [0.15, 0.2) is 18.2 Å². The molecule has 1 aliphatic heterocycles. The number of amides is 1. The molecule has 1 saturated heterocycles. The normalized spacial score (nSPS) is 20.4. The fourth-order valence-corrected chi connectivity index (χ4v) is 2.62. The molecule has 1 fully saturated rings. The van der Waals surface area contributed by atoms with Crippen LogP contribution < -0.4 is 9.47 Å². The van der Waals surface area contributed by atoms with Crippen LogP contribution >= 0.6 is 0 Å². The molecule has 0 bridgehead atoms. The van der Waals surface area contributed by atoms with Gasteiger partial charge in [0, 0.05) is 19.2 Å². The van der Waals surface area contributed by atoms with Gasteiger partial charge in [-0.25, -0.2) is 0 Å². The predicted octanol–water partition coefficient (Wildman–Crippen LogP) is 2.42. The molecule has 1 atom stereocenters. The number of aliphatic carboxylic acids is 1. The minimum Gasteiger partial charge on any atom is -0.497 e. The first-order valence-corrected chi connectivity index (χ1v) is 7.75. The number of likely N-dealkylation sites (tertiary alicyclic amines) is 1. The van der Waals surface area contributed by atoms with Crippen molar-refractivity contribution in [2.45, 2.75) is 26.7 Å². The van der Waals surface area contributed by atoms with Crippen molar-refractivity contribution in [2.24, 2.45) is 5.41 Å². The Labute approximate surface area is 136 Å². The average molecular weight is 321 g/mol. The van der Waals surface area contributed by atoms with Crippen LogP contribution in [0.1, 0.15) is 37.0 Å². The Hall–Kier alpha value is -2.24. The van der Waals surface area contributed by atoms with Crippen LogP contribution in [-0.2, 0) is 4.79 Å². The first-order chi connectivity index (χ1) is 10.9. The molecule has 1 aromatic rings. The first kappa shape index (κ1) is 17.1. The molecule has 1 amide bonds. The summed E-state index contributed by atoms with van der Waals surface area (Å²) in [4.78, 5) is 25.7. The fraction of sp³-hybridized carbons (Fsp3) is 0.529. The highest BCUT2D eigenvalue weighted by atomic mass is 16.5. The summed E-state index contributed by atoms with van der Waals surface area (Å²) in [5.74, 6) is 0.0123. The largest absolute Gasteiger partial charge is 0.497 e. The number of nitrogens with zero attached hydrogens (tertiary/aromatic N) is 1. The quantitative estimate of drug-likeness (QED) is 0.871. The van der Waals surface area contributed by atoms with Crippen LogP contribution in [0.25, 0.3) is 0 Å². The summed E-state index contributed by atoms with van der Waals surface area (Å²) in [5, 5.41) is 9.30. The zero-order chi connectivity index (χ0) is 17.0. The molecule has 6 heteroatoms. The lowest BCUT2D eigenvalue weighted by atomic mass is 9.90. The number of hydrogen-bond donors (Lipinski definition) is 1. The SMILES string of the molecule is CCCOc1cc(OC)ccc1C(=O)N1CCC(C)(C(=O)O)C1. The molecule has 23 heavy (non-hydrogen) atoms. The Morgan fingerprint density at radius 1 is 1.39 bits per heavy atom. The summed E-state index contributed by atoms with van der Waals surface area (Å²) >= 11 is 0. The lowest BCUT2D eigenvalue weighted by Gasteiger charge is -2.21. The highest BCUT2D eigenvalue weighted by Gasteiger charge is 2.42. The number of hydrogen-bond acceptors (Lipinski definition) is 4. The van der Waals surface area contributed by atoms with Crippen LogP contribution in [0.4, 0.5) is 0 Å². The molecule has 1 aromatic carbocycles. The van der Waals surface area contributed by atoms with Crippen molar-refractivity contribution in [2.75, 3.05) is 26.8 Å². The van der Waals surface area contributed by atoms with E-state index in [1.165, 1.54) is 0 Å². The first-order valence-electron chi connectivity index (χ1n) is 7.75. The van der Waals surface area contributed by atoms with Gasteiger partial charge in [0.2, 0.25) is 0 Å². The van der Waals surface area contributed by atoms with Gasteiger partial charge in [0.1, 0.15) is 11.5 Å². The van der Waals surface area contributed by atoms with Gasteiger partial charge in [-0.3, -0.25) is 9.59 Å². The number of carboxylic acids is 1. The molecule has 0 spiro atoms. The van der Waals surface area contributed by atoms with Crippen LogP contribution in [0.5, 0.6) is 11.5 Å². The van der Waals surface area contributed by atoms with Crippen molar-refractivity contribution in [3.05, 3.63) is 23.8 Å². The van der Waals surface area contributed by atoms with Crippen LogP contribution in [0.3, 0.4) is 0 Å². The van der Waals surface area contributed by atoms with Crippen molar-refractivity contribution in [3.63, 3.8) is 0 Å². The zero-order valence-electron chi connectivity index (χ0n) is 13.8. The molecule has 1 heterocycles. The summed E-state index contributed by atoms with van der Waals surface area (Å²) in [6.45, 7) is 4.80. The highest BCUT2D eigenvalue weighted by molar-refractivity contribution is 5.97. The monoisotopic (exact) mass is 321 g/mol. The fourth-order valence-electron chi connectivity index (χ4n) is 2.62. The Morgan fingerprint density at radius 2 is 2.13 bits per heavy atom. The van der Waals surface area contributed by atoms with Gasteiger partial charge in [0.15, 0.2) is 0 Å². The van der Waals surface area contributed by atoms with E-state index in [4.69, 9.17) is 9.47 Å². The minimum atomic E-state index is -0.882. The summed E-state index contributed by atoms with van der Waals surface area (Å²) in [7, 11) is 1.55. The third kappa shape index (κ3) is 3.57. The maximum absolute atomic E-state index is 12.8. The molecule has 126 valence electrons. The molecule has 0 aliphatic carbocycles. The standard InChI is InChI=1S/C17H23NO5/c1-4-9-23-14-10-12(22-3)5-6-13(14)15(19)18-8-7-17(2,11-18)16(20)21/h5-6,10H,4,7-9,11H2,1-3H3,(H,20,21). The smallest absolute Gasteiger partial charge is 0.311 e. The van der Waals surface area contributed by atoms with Gasteiger partial charge in [-0.15, -0.1) is 0 Å². The predicted molar refractivity (Wildman–Crippen MR) is 85.0 cm³/mol. The summed E-state index contributed by atoms with van der Waals surface area (Å²) in [6, 6.07) is 5.07. The van der Waals surface area contributed by atoms with E-state index < -0.39 is 11.4 Å². The Kier molecular flexibility index (Phi) is 5.13. The lowest BCUT2D eigenvalue weighted by molar-refractivity contribution is -0.147. The van der Waals surface area contributed by atoms with E-state index in [9.17, 15) is 14.7 Å². The molecule has 1 N–H and O–H groups in total. The summed E-state index contributed by atoms with van der Waals surface area (Å²) in [5.41, 5.74) is -0.444. The zero-order valence-corrected chi connectivity index (χ0v) is 13.8. The topological polar surface area (TPSA) is 76.1 Å². The summed E-state index contributed by atoms with van der Waals surface area (Å²) < 4.78 is 10.8. The van der Waals surface area contributed by atoms with Crippen molar-refractivity contribution >= 4 is 11.9 Å². The van der Waals surface area contributed by atoms with Crippen molar-refractivity contribution in [3.8, 4) is 11.5 Å². The minimum absolute atomic E-state index is 0.205. The second-order valence-electron chi connectivity index (χ2n) is 6.05. The van der Waals surface area contributed by atoms with E-state index in [1.54, 1.807) is 37.1 Å². The number of ether oxygens (including phenoxy) is 2. The number of carbonyl (C=O) groups excluding carboxylic acids is 1. The van der Waals surface area contributed by atoms with E-state index in [0.717, 1.165) is 6.42 Å². The van der Waals surface area contributed by atoms with Gasteiger partial charge in [-0.05, 0) is 31.9 Å². The van der Waals surface area contributed by atoms with Gasteiger partial charge < -0.3 is 19.5 Å². The van der Waals surface area contributed by atoms with E-state index in [2.05, 4.69) is 0 Å². The maximum Gasteiger partial charge on any atom is 0.311 e. The number of carboxylic acid groups (broad SMARTS) is 1. The van der Waals surface area contributed by atoms with Gasteiger partial charge in [-0.2, -0.15) is 0 Å². The second-order valence-corrected chi connectivity index (χ2v) is 6.05. The third-order valence-corrected chi connectivity index (χ3v) is 4.16. The molecule has 2 rings (SSSR count). The highest BCUT2D eigenvalue weighted by Crippen LogP contribution is 2.33. The maximum atomic E-state index is 12.8. The Balaban J connectivity index is 2.23. The third-order valence-electron chi connectivity index (χ3n) is 4.16. The van der Waals surface area contributed by atoms with Crippen LogP contribution in [0, 0.1) is 5.41 Å². The van der Waals surface area contributed by atoms with Gasteiger partial charge in [0.25, 0.3) is 5.91 Å². The van der Waals surface area contributed by atoms with E-state index in [0.29, 0.717) is 36.6 Å². The molecule has 1 unspecified atom stereocenters. The Morgan fingerprint density at radius 3 is 2.70 bits per heavy atom.